The predicted molar refractivity (Wildman–Crippen MR) is 137 cm³/mol. The molecule has 1 atom stereocenters. The first-order valence-electron chi connectivity index (χ1n) is 11.6. The maximum absolute atomic E-state index is 14.4. The van der Waals surface area contributed by atoms with Crippen LogP contribution in [0.3, 0.4) is 0 Å². The first-order valence-corrected chi connectivity index (χ1v) is 12.7. The van der Waals surface area contributed by atoms with Crippen LogP contribution in [0.15, 0.2) is 60.7 Å². The molecule has 1 aromatic heterocycles. The molecule has 0 bridgehead atoms. The summed E-state index contributed by atoms with van der Waals surface area (Å²) >= 11 is 7.90. The molecule has 178 valence electrons. The molecule has 0 aliphatic carbocycles. The second-order valence-corrected chi connectivity index (χ2v) is 10.0. The van der Waals surface area contributed by atoms with Gasteiger partial charge in [-0.3, -0.25) is 9.69 Å². The minimum Gasteiger partial charge on any atom is -0.494 e. The lowest BCUT2D eigenvalue weighted by Gasteiger charge is -2.32. The van der Waals surface area contributed by atoms with Crippen LogP contribution in [-0.2, 0) is 9.53 Å². The second-order valence-electron chi connectivity index (χ2n) is 8.62. The van der Waals surface area contributed by atoms with Gasteiger partial charge in [0.2, 0.25) is 5.91 Å². The summed E-state index contributed by atoms with van der Waals surface area (Å²) in [6, 6.07) is 19.0. The predicted octanol–water partition coefficient (Wildman–Crippen LogP) is 6.41. The summed E-state index contributed by atoms with van der Waals surface area (Å²) < 4.78 is 18.4. The first-order chi connectivity index (χ1) is 17.1. The summed E-state index contributed by atoms with van der Waals surface area (Å²) in [5, 5.41) is 1.16. The van der Waals surface area contributed by atoms with Gasteiger partial charge in [0.1, 0.15) is 22.8 Å². The van der Waals surface area contributed by atoms with E-state index in [1.165, 1.54) is 11.3 Å². The fraction of sp³-hybridized carbons (Fsp3) is 0.259. The van der Waals surface area contributed by atoms with Gasteiger partial charge in [-0.2, -0.15) is 0 Å². The van der Waals surface area contributed by atoms with Crippen molar-refractivity contribution in [3.8, 4) is 17.2 Å². The minimum absolute atomic E-state index is 0.0475. The number of fused-ring (bicyclic) bond motifs is 3. The summed E-state index contributed by atoms with van der Waals surface area (Å²) in [5.41, 5.74) is 2.33. The number of hydrogen-bond acceptors (Lipinski definition) is 6. The van der Waals surface area contributed by atoms with E-state index in [-0.39, 0.29) is 12.0 Å². The lowest BCUT2D eigenvalue weighted by Crippen LogP contribution is -2.41. The standard InChI is InChI=1S/C27H23ClN2O4S/c1-32-22-13-12-19(28)25-24(22)29-27(35-25)30(15-16-7-6-14-33-16)26(31)23-17-8-2-4-10-20(17)34-21-11-5-3-9-18(21)23/h2-5,8-13,16,23H,6-7,14-15H2,1H3. The molecule has 0 N–H and O–H groups in total. The van der Waals surface area contributed by atoms with Gasteiger partial charge in [-0.05, 0) is 37.1 Å². The fourth-order valence-corrected chi connectivity index (χ4v) is 6.08. The van der Waals surface area contributed by atoms with E-state index in [9.17, 15) is 4.79 Å². The number of aromatic nitrogens is 1. The van der Waals surface area contributed by atoms with E-state index in [4.69, 9.17) is 30.8 Å². The fourth-order valence-electron chi connectivity index (χ4n) is 4.81. The smallest absolute Gasteiger partial charge is 0.241 e. The molecule has 2 aliphatic rings. The third-order valence-electron chi connectivity index (χ3n) is 6.50. The summed E-state index contributed by atoms with van der Waals surface area (Å²) in [7, 11) is 1.60. The zero-order valence-corrected chi connectivity index (χ0v) is 20.6. The Balaban J connectivity index is 1.49. The molecule has 0 spiro atoms. The topological polar surface area (TPSA) is 60.9 Å². The third kappa shape index (κ3) is 3.93. The van der Waals surface area contributed by atoms with Gasteiger partial charge < -0.3 is 14.2 Å². The Morgan fingerprint density at radius 3 is 2.49 bits per heavy atom. The lowest BCUT2D eigenvalue weighted by molar-refractivity contribution is -0.119. The summed E-state index contributed by atoms with van der Waals surface area (Å²) in [4.78, 5) is 21.1. The van der Waals surface area contributed by atoms with Crippen LogP contribution in [0.2, 0.25) is 5.02 Å². The largest absolute Gasteiger partial charge is 0.494 e. The molecule has 3 aromatic carbocycles. The molecule has 35 heavy (non-hydrogen) atoms. The molecule has 1 fully saturated rings. The molecule has 8 heteroatoms. The molecule has 1 unspecified atom stereocenters. The maximum Gasteiger partial charge on any atom is 0.241 e. The highest BCUT2D eigenvalue weighted by Gasteiger charge is 2.38. The van der Waals surface area contributed by atoms with E-state index < -0.39 is 5.92 Å². The van der Waals surface area contributed by atoms with Crippen molar-refractivity contribution >= 4 is 44.2 Å². The van der Waals surface area contributed by atoms with Crippen molar-refractivity contribution in [2.45, 2.75) is 24.9 Å². The molecule has 1 amide bonds. The van der Waals surface area contributed by atoms with Crippen LogP contribution >= 0.6 is 22.9 Å². The van der Waals surface area contributed by atoms with Gasteiger partial charge in [0.15, 0.2) is 5.13 Å². The van der Waals surface area contributed by atoms with Crippen LogP contribution in [0.4, 0.5) is 5.13 Å². The Kier molecular flexibility index (Phi) is 5.84. The number of benzene rings is 3. The van der Waals surface area contributed by atoms with Crippen molar-refractivity contribution in [1.82, 2.24) is 4.98 Å². The van der Waals surface area contributed by atoms with Crippen LogP contribution in [0.1, 0.15) is 29.9 Å². The van der Waals surface area contributed by atoms with Crippen LogP contribution in [0.5, 0.6) is 17.2 Å². The monoisotopic (exact) mass is 506 g/mol. The van der Waals surface area contributed by atoms with Crippen LogP contribution in [-0.4, -0.2) is 37.3 Å². The van der Waals surface area contributed by atoms with Crippen molar-refractivity contribution < 1.29 is 19.0 Å². The van der Waals surface area contributed by atoms with E-state index in [2.05, 4.69) is 0 Å². The van der Waals surface area contributed by atoms with Gasteiger partial charge in [-0.15, -0.1) is 0 Å². The first kappa shape index (κ1) is 22.3. The lowest BCUT2D eigenvalue weighted by atomic mass is 9.87. The molecule has 0 radical (unpaired) electrons. The van der Waals surface area contributed by atoms with Gasteiger partial charge in [0.05, 0.1) is 35.4 Å². The number of para-hydroxylation sites is 2. The van der Waals surface area contributed by atoms with Gasteiger partial charge in [0.25, 0.3) is 0 Å². The summed E-state index contributed by atoms with van der Waals surface area (Å²) in [5.74, 6) is 1.41. The Morgan fingerprint density at radius 1 is 1.11 bits per heavy atom. The highest BCUT2D eigenvalue weighted by atomic mass is 35.5. The molecule has 4 aromatic rings. The average molecular weight is 507 g/mol. The van der Waals surface area contributed by atoms with Gasteiger partial charge >= 0.3 is 0 Å². The zero-order valence-electron chi connectivity index (χ0n) is 19.1. The van der Waals surface area contributed by atoms with Gasteiger partial charge in [-0.25, -0.2) is 4.98 Å². The van der Waals surface area contributed by atoms with E-state index in [0.717, 1.165) is 28.7 Å². The number of halogens is 1. The molecule has 0 saturated carbocycles. The molecule has 6 nitrogen and oxygen atoms in total. The minimum atomic E-state index is -0.526. The maximum atomic E-state index is 14.4. The van der Waals surface area contributed by atoms with E-state index >= 15 is 0 Å². The molecular weight excluding hydrogens is 484 g/mol. The number of carbonyl (C=O) groups is 1. The van der Waals surface area contributed by atoms with Crippen LogP contribution in [0, 0.1) is 0 Å². The average Bonchev–Trinajstić information content (AvgIpc) is 3.56. The van der Waals surface area contributed by atoms with E-state index in [0.29, 0.717) is 46.1 Å². The Hall–Kier alpha value is -3.13. The van der Waals surface area contributed by atoms with E-state index in [1.807, 2.05) is 48.5 Å². The molecule has 3 heterocycles. The summed E-state index contributed by atoms with van der Waals surface area (Å²) in [6.07, 6.45) is 1.84. The van der Waals surface area contributed by atoms with Crippen molar-refractivity contribution in [2.24, 2.45) is 0 Å². The molecule has 2 aliphatic heterocycles. The number of methoxy groups -OCH3 is 1. The second kappa shape index (κ2) is 9.15. The highest BCUT2D eigenvalue weighted by molar-refractivity contribution is 7.23. The Bertz CT molecular complexity index is 1370. The SMILES string of the molecule is COc1ccc(Cl)c2sc(N(CC3CCCO3)C(=O)C3c4ccccc4Oc4ccccc43)nc12. The number of thiazole rings is 1. The van der Waals surface area contributed by atoms with Crippen molar-refractivity contribution in [3.63, 3.8) is 0 Å². The highest BCUT2D eigenvalue weighted by Crippen LogP contribution is 2.46. The number of hydrogen-bond donors (Lipinski definition) is 0. The van der Waals surface area contributed by atoms with Gasteiger partial charge in [0, 0.05) is 17.7 Å². The number of amides is 1. The van der Waals surface area contributed by atoms with Crippen molar-refractivity contribution in [2.75, 3.05) is 25.2 Å². The van der Waals surface area contributed by atoms with E-state index in [1.54, 1.807) is 24.1 Å². The normalized spacial score (nSPS) is 17.0. The zero-order chi connectivity index (χ0) is 23.9. The van der Waals surface area contributed by atoms with Gasteiger partial charge in [-0.1, -0.05) is 59.3 Å². The quantitative estimate of drug-likeness (QED) is 0.313. The number of nitrogens with zero attached hydrogens (tertiary/aromatic N) is 2. The summed E-state index contributed by atoms with van der Waals surface area (Å²) in [6.45, 7) is 1.12. The number of ether oxygens (including phenoxy) is 3. The Labute approximate surface area is 212 Å². The van der Waals surface area contributed by atoms with Crippen LogP contribution < -0.4 is 14.4 Å². The molecule has 6 rings (SSSR count). The number of rotatable bonds is 5. The van der Waals surface area contributed by atoms with Crippen molar-refractivity contribution in [1.29, 1.82) is 0 Å². The number of anilines is 1. The molecule has 1 saturated heterocycles. The third-order valence-corrected chi connectivity index (χ3v) is 8.04. The Morgan fingerprint density at radius 2 is 1.83 bits per heavy atom. The van der Waals surface area contributed by atoms with Crippen molar-refractivity contribution in [3.05, 3.63) is 76.8 Å². The van der Waals surface area contributed by atoms with Crippen LogP contribution in [0.25, 0.3) is 10.2 Å². The molecular formula is C27H23ClN2O4S. The number of carbonyl (C=O) groups excluding carboxylic acids is 1.